The van der Waals surface area contributed by atoms with Crippen LogP contribution in [0.3, 0.4) is 0 Å². The number of non-ortho nitro benzene ring substituents is 1. The van der Waals surface area contributed by atoms with Gasteiger partial charge in [0.25, 0.3) is 11.6 Å². The normalized spacial score (nSPS) is 11.9. The van der Waals surface area contributed by atoms with Crippen LogP contribution in [0.15, 0.2) is 30.3 Å². The van der Waals surface area contributed by atoms with Gasteiger partial charge in [-0.2, -0.15) is 0 Å². The summed E-state index contributed by atoms with van der Waals surface area (Å²) in [7, 11) is 0. The predicted octanol–water partition coefficient (Wildman–Crippen LogP) is 5.19. The highest BCUT2D eigenvalue weighted by Crippen LogP contribution is 2.29. The number of nitro groups is 1. The topological polar surface area (TPSA) is 72.2 Å². The lowest BCUT2D eigenvalue weighted by atomic mass is 10.1. The van der Waals surface area contributed by atoms with Crippen LogP contribution in [0, 0.1) is 15.9 Å². The summed E-state index contributed by atoms with van der Waals surface area (Å²) in [5.41, 5.74) is 0.164. The summed E-state index contributed by atoms with van der Waals surface area (Å²) in [5.74, 6) is -1.24. The Morgan fingerprint density at radius 2 is 1.83 bits per heavy atom. The SMILES string of the molecule is C[C@H](NC(=O)c1ccc([N+](=O)[O-])cc1Cl)c1cc(F)c(Cl)cc1Cl. The highest BCUT2D eigenvalue weighted by Gasteiger charge is 2.19. The number of carbonyl (C=O) groups excluding carboxylic acids is 1. The molecule has 2 aromatic carbocycles. The molecule has 0 bridgehead atoms. The van der Waals surface area contributed by atoms with E-state index >= 15 is 0 Å². The molecule has 5 nitrogen and oxygen atoms in total. The molecule has 2 rings (SSSR count). The van der Waals surface area contributed by atoms with Gasteiger partial charge in [-0.1, -0.05) is 34.8 Å². The summed E-state index contributed by atoms with van der Waals surface area (Å²) in [6, 6.07) is 5.23. The predicted molar refractivity (Wildman–Crippen MR) is 90.4 cm³/mol. The number of nitro benzene ring substituents is 1. The smallest absolute Gasteiger partial charge is 0.270 e. The van der Waals surface area contributed by atoms with Gasteiger partial charge in [0, 0.05) is 17.2 Å². The molecule has 0 aromatic heterocycles. The molecule has 24 heavy (non-hydrogen) atoms. The standard InChI is InChI=1S/C15H10Cl3FN2O3/c1-7(10-5-14(19)13(18)6-12(10)17)20-15(22)9-3-2-8(21(23)24)4-11(9)16/h2-7H,1H3,(H,20,22)/t7-/m0/s1. The summed E-state index contributed by atoms with van der Waals surface area (Å²) in [6.45, 7) is 1.60. The van der Waals surface area contributed by atoms with Crippen molar-refractivity contribution in [1.82, 2.24) is 5.32 Å². The Morgan fingerprint density at radius 1 is 1.17 bits per heavy atom. The third kappa shape index (κ3) is 3.95. The molecule has 0 saturated carbocycles. The van der Waals surface area contributed by atoms with Gasteiger partial charge in [-0.3, -0.25) is 14.9 Å². The lowest BCUT2D eigenvalue weighted by Crippen LogP contribution is -2.27. The van der Waals surface area contributed by atoms with E-state index in [2.05, 4.69) is 5.32 Å². The Labute approximate surface area is 151 Å². The summed E-state index contributed by atoms with van der Waals surface area (Å²) < 4.78 is 13.6. The number of rotatable bonds is 4. The van der Waals surface area contributed by atoms with E-state index in [1.54, 1.807) is 6.92 Å². The zero-order valence-electron chi connectivity index (χ0n) is 12.1. The molecule has 0 fully saturated rings. The van der Waals surface area contributed by atoms with Gasteiger partial charge in [-0.15, -0.1) is 0 Å². The van der Waals surface area contributed by atoms with Crippen molar-refractivity contribution < 1.29 is 14.1 Å². The third-order valence-electron chi connectivity index (χ3n) is 3.26. The zero-order chi connectivity index (χ0) is 18.0. The van der Waals surface area contributed by atoms with E-state index in [4.69, 9.17) is 34.8 Å². The average Bonchev–Trinajstić information content (AvgIpc) is 2.50. The van der Waals surface area contributed by atoms with Crippen molar-refractivity contribution in [3.63, 3.8) is 0 Å². The second-order valence-corrected chi connectivity index (χ2v) is 6.13. The lowest BCUT2D eigenvalue weighted by molar-refractivity contribution is -0.384. The first kappa shape index (κ1) is 18.4. The second-order valence-electron chi connectivity index (χ2n) is 4.90. The molecule has 0 aliphatic heterocycles. The van der Waals surface area contributed by atoms with Crippen LogP contribution in [-0.2, 0) is 0 Å². The van der Waals surface area contributed by atoms with E-state index in [9.17, 15) is 19.3 Å². The van der Waals surface area contributed by atoms with Crippen LogP contribution in [-0.4, -0.2) is 10.8 Å². The molecule has 2 aromatic rings. The van der Waals surface area contributed by atoms with E-state index in [1.165, 1.54) is 18.2 Å². The number of amides is 1. The van der Waals surface area contributed by atoms with E-state index in [1.807, 2.05) is 0 Å². The summed E-state index contributed by atoms with van der Waals surface area (Å²) in [5, 5.41) is 13.3. The molecule has 1 atom stereocenters. The number of halogens is 4. The van der Waals surface area contributed by atoms with Gasteiger partial charge in [0.2, 0.25) is 0 Å². The minimum absolute atomic E-state index is 0.0553. The highest BCUT2D eigenvalue weighted by molar-refractivity contribution is 6.35. The zero-order valence-corrected chi connectivity index (χ0v) is 14.4. The molecule has 1 amide bonds. The molecule has 0 radical (unpaired) electrons. The maximum atomic E-state index is 13.6. The lowest BCUT2D eigenvalue weighted by Gasteiger charge is -2.17. The first-order valence-corrected chi connectivity index (χ1v) is 7.73. The number of benzene rings is 2. The molecular weight excluding hydrogens is 382 g/mol. The van der Waals surface area contributed by atoms with Gasteiger partial charge in [0.15, 0.2) is 0 Å². The van der Waals surface area contributed by atoms with Crippen molar-refractivity contribution in [2.24, 2.45) is 0 Å². The molecule has 0 heterocycles. The van der Waals surface area contributed by atoms with Gasteiger partial charge in [0.1, 0.15) is 5.82 Å². The average molecular weight is 392 g/mol. The van der Waals surface area contributed by atoms with Crippen LogP contribution in [0.25, 0.3) is 0 Å². The van der Waals surface area contributed by atoms with Crippen LogP contribution >= 0.6 is 34.8 Å². The number of hydrogen-bond acceptors (Lipinski definition) is 3. The maximum absolute atomic E-state index is 13.6. The molecule has 0 unspecified atom stereocenters. The molecule has 126 valence electrons. The van der Waals surface area contributed by atoms with Crippen molar-refractivity contribution in [2.45, 2.75) is 13.0 Å². The molecule has 9 heteroatoms. The van der Waals surface area contributed by atoms with E-state index < -0.39 is 22.7 Å². The first-order valence-electron chi connectivity index (χ1n) is 6.60. The van der Waals surface area contributed by atoms with Crippen molar-refractivity contribution in [1.29, 1.82) is 0 Å². The second kappa shape index (κ2) is 7.34. The quantitative estimate of drug-likeness (QED) is 0.443. The number of nitrogens with one attached hydrogen (secondary N) is 1. The summed E-state index contributed by atoms with van der Waals surface area (Å²) in [6.07, 6.45) is 0. The largest absolute Gasteiger partial charge is 0.345 e. The van der Waals surface area contributed by atoms with Gasteiger partial charge in [0.05, 0.1) is 26.6 Å². The minimum Gasteiger partial charge on any atom is -0.345 e. The van der Waals surface area contributed by atoms with Crippen LogP contribution in [0.5, 0.6) is 0 Å². The Balaban J connectivity index is 2.23. The van der Waals surface area contributed by atoms with Gasteiger partial charge in [-0.25, -0.2) is 4.39 Å². The molecule has 0 aliphatic rings. The van der Waals surface area contributed by atoms with Crippen LogP contribution in [0.4, 0.5) is 10.1 Å². The van der Waals surface area contributed by atoms with Crippen molar-refractivity contribution in [3.05, 3.63) is 72.5 Å². The van der Waals surface area contributed by atoms with Gasteiger partial charge < -0.3 is 5.32 Å². The molecule has 1 N–H and O–H groups in total. The summed E-state index contributed by atoms with van der Waals surface area (Å²) in [4.78, 5) is 22.3. The van der Waals surface area contributed by atoms with Crippen LogP contribution in [0.2, 0.25) is 15.1 Å². The summed E-state index contributed by atoms with van der Waals surface area (Å²) >= 11 is 17.5. The minimum atomic E-state index is -0.662. The monoisotopic (exact) mass is 390 g/mol. The Morgan fingerprint density at radius 3 is 2.42 bits per heavy atom. The van der Waals surface area contributed by atoms with Gasteiger partial charge >= 0.3 is 0 Å². The van der Waals surface area contributed by atoms with E-state index in [-0.39, 0.29) is 26.3 Å². The van der Waals surface area contributed by atoms with Crippen molar-refractivity contribution >= 4 is 46.4 Å². The molecule has 0 aliphatic carbocycles. The van der Waals surface area contributed by atoms with Crippen LogP contribution < -0.4 is 5.32 Å². The van der Waals surface area contributed by atoms with E-state index in [0.29, 0.717) is 5.56 Å². The Kier molecular flexibility index (Phi) is 5.64. The van der Waals surface area contributed by atoms with Crippen molar-refractivity contribution in [2.75, 3.05) is 0 Å². The third-order valence-corrected chi connectivity index (χ3v) is 4.19. The Bertz CT molecular complexity index is 830. The number of nitrogens with zero attached hydrogens (tertiary/aromatic N) is 1. The molecular formula is C15H10Cl3FN2O3. The molecule has 0 spiro atoms. The highest BCUT2D eigenvalue weighted by atomic mass is 35.5. The van der Waals surface area contributed by atoms with Gasteiger partial charge in [-0.05, 0) is 30.7 Å². The number of carbonyl (C=O) groups is 1. The fourth-order valence-corrected chi connectivity index (χ4v) is 2.83. The van der Waals surface area contributed by atoms with E-state index in [0.717, 1.165) is 12.1 Å². The maximum Gasteiger partial charge on any atom is 0.270 e. The fourth-order valence-electron chi connectivity index (χ4n) is 2.02. The van der Waals surface area contributed by atoms with Crippen molar-refractivity contribution in [3.8, 4) is 0 Å². The van der Waals surface area contributed by atoms with Crippen LogP contribution in [0.1, 0.15) is 28.9 Å². The first-order chi connectivity index (χ1) is 11.2. The molecule has 0 saturated heterocycles. The fraction of sp³-hybridized carbons (Fsp3) is 0.133. The number of hydrogen-bond donors (Lipinski definition) is 1. The Hall–Kier alpha value is -1.89.